The van der Waals surface area contributed by atoms with Crippen LogP contribution >= 0.6 is 0 Å². The molecule has 0 aliphatic heterocycles. The van der Waals surface area contributed by atoms with E-state index in [4.69, 9.17) is 10.5 Å². The Balaban J connectivity index is 2.19. The molecule has 14 heavy (non-hydrogen) atoms. The first-order chi connectivity index (χ1) is 6.54. The summed E-state index contributed by atoms with van der Waals surface area (Å²) in [5, 5.41) is 0. The Morgan fingerprint density at radius 2 is 2.00 bits per heavy atom. The van der Waals surface area contributed by atoms with Crippen molar-refractivity contribution in [3.8, 4) is 0 Å². The minimum absolute atomic E-state index is 0.00754. The van der Waals surface area contributed by atoms with Gasteiger partial charge in [0.25, 0.3) is 0 Å². The Hall–Kier alpha value is -0.290. The molecule has 1 unspecified atom stereocenters. The van der Waals surface area contributed by atoms with Crippen molar-refractivity contribution in [1.82, 2.24) is 0 Å². The molecule has 2 nitrogen and oxygen atoms in total. The van der Waals surface area contributed by atoms with Crippen LogP contribution in [0.5, 0.6) is 0 Å². The molecule has 0 saturated heterocycles. The van der Waals surface area contributed by atoms with Crippen LogP contribution in [-0.4, -0.2) is 25.4 Å². The van der Waals surface area contributed by atoms with Crippen molar-refractivity contribution in [2.75, 3.05) is 13.2 Å². The second-order valence-corrected chi connectivity index (χ2v) is 3.71. The zero-order valence-electron chi connectivity index (χ0n) is 8.02. The maximum Gasteiger partial charge on any atom is 0.414 e. The smallest absolute Gasteiger partial charge is 0.369 e. The topological polar surface area (TPSA) is 35.2 Å². The molecule has 0 aromatic heterocycles. The highest BCUT2D eigenvalue weighted by Gasteiger charge is 2.40. The normalized spacial score (nSPS) is 19.7. The first kappa shape index (κ1) is 11.8. The van der Waals surface area contributed by atoms with Gasteiger partial charge < -0.3 is 10.5 Å². The lowest BCUT2D eigenvalue weighted by Gasteiger charge is -2.20. The number of alkyl halides is 3. The third-order valence-electron chi connectivity index (χ3n) is 2.34. The van der Waals surface area contributed by atoms with Gasteiger partial charge in [-0.1, -0.05) is 12.8 Å². The van der Waals surface area contributed by atoms with Crippen LogP contribution in [0.3, 0.4) is 0 Å². The highest BCUT2D eigenvalue weighted by atomic mass is 19.4. The fourth-order valence-electron chi connectivity index (χ4n) is 1.28. The third-order valence-corrected chi connectivity index (χ3v) is 2.34. The van der Waals surface area contributed by atoms with E-state index in [9.17, 15) is 13.2 Å². The molecule has 1 aliphatic rings. The minimum Gasteiger partial charge on any atom is -0.369 e. The summed E-state index contributed by atoms with van der Waals surface area (Å²) in [5.74, 6) is 0.599. The Labute approximate surface area is 81.6 Å². The largest absolute Gasteiger partial charge is 0.414 e. The Morgan fingerprint density at radius 1 is 1.36 bits per heavy atom. The summed E-state index contributed by atoms with van der Waals surface area (Å²) in [6, 6.07) is 0. The van der Waals surface area contributed by atoms with Crippen LogP contribution in [-0.2, 0) is 4.74 Å². The van der Waals surface area contributed by atoms with Crippen LogP contribution in [0.2, 0.25) is 0 Å². The van der Waals surface area contributed by atoms with Crippen molar-refractivity contribution in [2.24, 2.45) is 11.7 Å². The van der Waals surface area contributed by atoms with E-state index in [2.05, 4.69) is 0 Å². The molecule has 1 rings (SSSR count). The lowest BCUT2D eigenvalue weighted by atomic mass is 10.2. The quantitative estimate of drug-likeness (QED) is 0.730. The van der Waals surface area contributed by atoms with Gasteiger partial charge in [0.05, 0.1) is 0 Å². The predicted molar refractivity (Wildman–Crippen MR) is 46.8 cm³/mol. The van der Waals surface area contributed by atoms with Crippen LogP contribution in [0.1, 0.15) is 25.7 Å². The van der Waals surface area contributed by atoms with E-state index in [1.165, 1.54) is 0 Å². The van der Waals surface area contributed by atoms with Gasteiger partial charge in [-0.3, -0.25) is 0 Å². The lowest BCUT2D eigenvalue weighted by molar-refractivity contribution is -0.221. The molecular weight excluding hydrogens is 195 g/mol. The zero-order valence-corrected chi connectivity index (χ0v) is 8.02. The van der Waals surface area contributed by atoms with Gasteiger partial charge in [-0.05, 0) is 25.3 Å². The minimum atomic E-state index is -4.27. The fraction of sp³-hybridized carbons (Fsp3) is 1.00. The van der Waals surface area contributed by atoms with Crippen molar-refractivity contribution < 1.29 is 17.9 Å². The molecule has 0 heterocycles. The van der Waals surface area contributed by atoms with E-state index in [0.29, 0.717) is 5.92 Å². The molecule has 1 atom stereocenters. The summed E-state index contributed by atoms with van der Waals surface area (Å²) >= 11 is 0. The predicted octanol–water partition coefficient (Wildman–Crippen LogP) is 2.08. The fourth-order valence-corrected chi connectivity index (χ4v) is 1.28. The summed E-state index contributed by atoms with van der Waals surface area (Å²) in [7, 11) is 0. The van der Waals surface area contributed by atoms with Gasteiger partial charge >= 0.3 is 6.18 Å². The number of ether oxygens (including phenoxy) is 1. The Morgan fingerprint density at radius 3 is 2.43 bits per heavy atom. The summed E-state index contributed by atoms with van der Waals surface area (Å²) in [6.45, 7) is 0.211. The van der Waals surface area contributed by atoms with Crippen LogP contribution in [0.25, 0.3) is 0 Å². The number of nitrogens with two attached hydrogens (primary N) is 1. The second-order valence-electron chi connectivity index (χ2n) is 3.71. The molecule has 0 radical (unpaired) electrons. The number of halogens is 3. The van der Waals surface area contributed by atoms with Crippen LogP contribution < -0.4 is 5.73 Å². The summed E-state index contributed by atoms with van der Waals surface area (Å²) in [6.07, 6.45) is -3.08. The first-order valence-corrected chi connectivity index (χ1v) is 4.92. The van der Waals surface area contributed by atoms with Gasteiger partial charge in [-0.2, -0.15) is 13.2 Å². The number of hydrogen-bond acceptors (Lipinski definition) is 2. The van der Waals surface area contributed by atoms with Gasteiger partial charge in [0.1, 0.15) is 0 Å². The summed E-state index contributed by atoms with van der Waals surface area (Å²) < 4.78 is 41.6. The molecule has 84 valence electrons. The van der Waals surface area contributed by atoms with Crippen LogP contribution in [0.15, 0.2) is 0 Å². The molecule has 0 aromatic carbocycles. The van der Waals surface area contributed by atoms with Gasteiger partial charge in [0.15, 0.2) is 6.10 Å². The first-order valence-electron chi connectivity index (χ1n) is 4.92. The van der Waals surface area contributed by atoms with Crippen molar-refractivity contribution in [3.63, 3.8) is 0 Å². The molecule has 0 spiro atoms. The van der Waals surface area contributed by atoms with Crippen molar-refractivity contribution in [1.29, 1.82) is 0 Å². The van der Waals surface area contributed by atoms with E-state index in [0.717, 1.165) is 19.3 Å². The van der Waals surface area contributed by atoms with E-state index in [1.54, 1.807) is 0 Å². The number of hydrogen-bond donors (Lipinski definition) is 1. The van der Waals surface area contributed by atoms with E-state index < -0.39 is 12.3 Å². The van der Waals surface area contributed by atoms with E-state index >= 15 is 0 Å². The number of rotatable bonds is 6. The summed E-state index contributed by atoms with van der Waals surface area (Å²) in [5.41, 5.74) is 5.09. The molecule has 2 N–H and O–H groups in total. The molecule has 1 fully saturated rings. The van der Waals surface area contributed by atoms with Crippen molar-refractivity contribution in [3.05, 3.63) is 0 Å². The highest BCUT2D eigenvalue weighted by Crippen LogP contribution is 2.33. The maximum absolute atomic E-state index is 12.3. The van der Waals surface area contributed by atoms with Gasteiger partial charge in [-0.25, -0.2) is 0 Å². The van der Waals surface area contributed by atoms with Gasteiger partial charge in [-0.15, -0.1) is 0 Å². The Bertz CT molecular complexity index is 168. The van der Waals surface area contributed by atoms with Crippen molar-refractivity contribution in [2.45, 2.75) is 38.0 Å². The van der Waals surface area contributed by atoms with Crippen LogP contribution in [0, 0.1) is 5.92 Å². The third kappa shape index (κ3) is 4.28. The molecular formula is C9H16F3NO. The average molecular weight is 211 g/mol. The lowest BCUT2D eigenvalue weighted by Crippen LogP contribution is -2.34. The molecule has 0 aromatic rings. The van der Waals surface area contributed by atoms with Gasteiger partial charge in [0.2, 0.25) is 0 Å². The standard InChI is InChI=1S/C9H16F3NO/c10-9(11,12)8(3-5-13)14-6-4-7-1-2-7/h7-8H,1-6,13H2. The molecule has 5 heteroatoms. The van der Waals surface area contributed by atoms with Crippen molar-refractivity contribution >= 4 is 0 Å². The molecule has 0 bridgehead atoms. The molecule has 0 amide bonds. The summed E-state index contributed by atoms with van der Waals surface area (Å²) in [4.78, 5) is 0. The molecule has 1 aliphatic carbocycles. The maximum atomic E-state index is 12.3. The Kier molecular flexibility index (Phi) is 4.19. The van der Waals surface area contributed by atoms with E-state index in [1.807, 2.05) is 0 Å². The van der Waals surface area contributed by atoms with E-state index in [-0.39, 0.29) is 19.6 Å². The zero-order chi connectivity index (χ0) is 10.6. The average Bonchev–Trinajstić information content (AvgIpc) is 2.85. The van der Waals surface area contributed by atoms with Crippen LogP contribution in [0.4, 0.5) is 13.2 Å². The SMILES string of the molecule is NCCC(OCCC1CC1)C(F)(F)F. The monoisotopic (exact) mass is 211 g/mol. The molecule has 1 saturated carbocycles. The van der Waals surface area contributed by atoms with Gasteiger partial charge in [0, 0.05) is 6.61 Å². The highest BCUT2D eigenvalue weighted by molar-refractivity contribution is 4.74. The second kappa shape index (κ2) is 4.98.